The first-order chi connectivity index (χ1) is 14.5. The Hall–Kier alpha value is -2.96. The molecule has 2 heterocycles. The van der Waals surface area contributed by atoms with E-state index in [1.165, 1.54) is 6.42 Å². The molecule has 1 aliphatic heterocycles. The molecule has 2 aromatic rings. The molecular formula is C23H30N2O5. The Morgan fingerprint density at radius 2 is 1.87 bits per heavy atom. The standard InChI is InChI=1S/C23H30N2O5/c1-4-28-21-14-18(23(27)24-17(3)19-10-8-16(2)30-19)9-11-20(21)29-15-22(26)25-12-6-5-7-13-25/h8-11,14,17H,4-7,12-13,15H2,1-3H3,(H,24,27). The molecule has 1 fully saturated rings. The van der Waals surface area contributed by atoms with E-state index in [4.69, 9.17) is 13.9 Å². The van der Waals surface area contributed by atoms with E-state index in [1.807, 2.05) is 37.8 Å². The van der Waals surface area contributed by atoms with Crippen molar-refractivity contribution in [3.63, 3.8) is 0 Å². The van der Waals surface area contributed by atoms with Crippen LogP contribution in [0.4, 0.5) is 0 Å². The van der Waals surface area contributed by atoms with Gasteiger partial charge in [-0.3, -0.25) is 9.59 Å². The number of hydrogen-bond donors (Lipinski definition) is 1. The van der Waals surface area contributed by atoms with E-state index >= 15 is 0 Å². The van der Waals surface area contributed by atoms with Crippen molar-refractivity contribution in [3.8, 4) is 11.5 Å². The molecular weight excluding hydrogens is 384 g/mol. The van der Waals surface area contributed by atoms with Crippen LogP contribution in [0.2, 0.25) is 0 Å². The summed E-state index contributed by atoms with van der Waals surface area (Å²) in [6, 6.07) is 8.42. The molecule has 2 amide bonds. The molecule has 0 spiro atoms. The smallest absolute Gasteiger partial charge is 0.260 e. The number of amides is 2. The molecule has 0 radical (unpaired) electrons. The van der Waals surface area contributed by atoms with E-state index in [0.29, 0.717) is 29.4 Å². The summed E-state index contributed by atoms with van der Waals surface area (Å²) in [5.74, 6) is 2.12. The third-order valence-electron chi connectivity index (χ3n) is 5.10. The number of carbonyl (C=O) groups is 2. The van der Waals surface area contributed by atoms with Crippen LogP contribution in [-0.4, -0.2) is 43.0 Å². The van der Waals surface area contributed by atoms with Crippen LogP contribution in [0.25, 0.3) is 0 Å². The lowest BCUT2D eigenvalue weighted by Crippen LogP contribution is -2.38. The third kappa shape index (κ3) is 5.55. The molecule has 0 aliphatic carbocycles. The summed E-state index contributed by atoms with van der Waals surface area (Å²) in [5.41, 5.74) is 0.447. The summed E-state index contributed by atoms with van der Waals surface area (Å²) >= 11 is 0. The van der Waals surface area contributed by atoms with Crippen molar-refractivity contribution >= 4 is 11.8 Å². The molecule has 7 heteroatoms. The maximum absolute atomic E-state index is 12.7. The minimum Gasteiger partial charge on any atom is -0.490 e. The fourth-order valence-corrected chi connectivity index (χ4v) is 3.45. The van der Waals surface area contributed by atoms with Crippen LogP contribution in [0.3, 0.4) is 0 Å². The SMILES string of the molecule is CCOc1cc(C(=O)NC(C)c2ccc(C)o2)ccc1OCC(=O)N1CCCCC1. The van der Waals surface area contributed by atoms with Gasteiger partial charge in [0.15, 0.2) is 18.1 Å². The fourth-order valence-electron chi connectivity index (χ4n) is 3.45. The average Bonchev–Trinajstić information content (AvgIpc) is 3.20. The van der Waals surface area contributed by atoms with Crippen LogP contribution in [0.5, 0.6) is 11.5 Å². The molecule has 7 nitrogen and oxygen atoms in total. The van der Waals surface area contributed by atoms with Gasteiger partial charge in [-0.1, -0.05) is 0 Å². The van der Waals surface area contributed by atoms with Crippen molar-refractivity contribution in [2.75, 3.05) is 26.3 Å². The van der Waals surface area contributed by atoms with Crippen molar-refractivity contribution < 1.29 is 23.5 Å². The molecule has 1 aliphatic rings. The number of likely N-dealkylation sites (tertiary alicyclic amines) is 1. The second-order valence-electron chi connectivity index (χ2n) is 7.47. The van der Waals surface area contributed by atoms with E-state index in [-0.39, 0.29) is 24.5 Å². The number of hydrogen-bond acceptors (Lipinski definition) is 5. The van der Waals surface area contributed by atoms with Gasteiger partial charge in [-0.15, -0.1) is 0 Å². The van der Waals surface area contributed by atoms with E-state index in [9.17, 15) is 9.59 Å². The predicted octanol–water partition coefficient (Wildman–Crippen LogP) is 3.87. The van der Waals surface area contributed by atoms with Crippen molar-refractivity contribution in [2.45, 2.75) is 46.1 Å². The summed E-state index contributed by atoms with van der Waals surface area (Å²) in [6.07, 6.45) is 3.24. The lowest BCUT2D eigenvalue weighted by molar-refractivity contribution is -0.134. The first kappa shape index (κ1) is 21.7. The number of furan rings is 1. The summed E-state index contributed by atoms with van der Waals surface area (Å²) in [7, 11) is 0. The number of nitrogens with one attached hydrogen (secondary N) is 1. The largest absolute Gasteiger partial charge is 0.490 e. The molecule has 0 saturated carbocycles. The maximum atomic E-state index is 12.7. The highest BCUT2D eigenvalue weighted by atomic mass is 16.5. The predicted molar refractivity (Wildman–Crippen MR) is 113 cm³/mol. The van der Waals surface area contributed by atoms with Crippen LogP contribution in [-0.2, 0) is 4.79 Å². The zero-order chi connectivity index (χ0) is 21.5. The van der Waals surface area contributed by atoms with Gasteiger partial charge >= 0.3 is 0 Å². The Balaban J connectivity index is 1.64. The first-order valence-electron chi connectivity index (χ1n) is 10.5. The monoisotopic (exact) mass is 414 g/mol. The molecule has 1 saturated heterocycles. The Kier molecular flexibility index (Phi) is 7.38. The van der Waals surface area contributed by atoms with Gasteiger partial charge in [0.25, 0.3) is 11.8 Å². The number of benzene rings is 1. The molecule has 1 atom stereocenters. The van der Waals surface area contributed by atoms with Crippen molar-refractivity contribution in [3.05, 3.63) is 47.4 Å². The Labute approximate surface area is 177 Å². The van der Waals surface area contributed by atoms with E-state index in [2.05, 4.69) is 5.32 Å². The number of carbonyl (C=O) groups excluding carboxylic acids is 2. The van der Waals surface area contributed by atoms with E-state index < -0.39 is 0 Å². The number of piperidine rings is 1. The number of nitrogens with zero attached hydrogens (tertiary/aromatic N) is 1. The Morgan fingerprint density at radius 1 is 1.10 bits per heavy atom. The summed E-state index contributed by atoms with van der Waals surface area (Å²) in [5, 5.41) is 2.92. The molecule has 1 N–H and O–H groups in total. The topological polar surface area (TPSA) is 81.0 Å². The molecule has 1 aromatic carbocycles. The molecule has 30 heavy (non-hydrogen) atoms. The molecule has 162 valence electrons. The highest BCUT2D eigenvalue weighted by molar-refractivity contribution is 5.95. The third-order valence-corrected chi connectivity index (χ3v) is 5.10. The minimum atomic E-state index is -0.264. The normalized spacial score (nSPS) is 14.8. The number of aryl methyl sites for hydroxylation is 1. The molecule has 0 bridgehead atoms. The van der Waals surface area contributed by atoms with Gasteiger partial charge in [-0.25, -0.2) is 0 Å². The van der Waals surface area contributed by atoms with Gasteiger partial charge in [0.2, 0.25) is 0 Å². The second kappa shape index (κ2) is 10.2. The van der Waals surface area contributed by atoms with E-state index in [0.717, 1.165) is 31.7 Å². The van der Waals surface area contributed by atoms with Crippen LogP contribution in [0.15, 0.2) is 34.7 Å². The zero-order valence-electron chi connectivity index (χ0n) is 17.9. The molecule has 3 rings (SSSR count). The van der Waals surface area contributed by atoms with E-state index in [1.54, 1.807) is 18.2 Å². The highest BCUT2D eigenvalue weighted by Gasteiger charge is 2.19. The first-order valence-corrected chi connectivity index (χ1v) is 10.5. The minimum absolute atomic E-state index is 0.0264. The Morgan fingerprint density at radius 3 is 2.53 bits per heavy atom. The maximum Gasteiger partial charge on any atom is 0.260 e. The summed E-state index contributed by atoms with van der Waals surface area (Å²) in [6.45, 7) is 7.53. The lowest BCUT2D eigenvalue weighted by Gasteiger charge is -2.26. The molecule has 1 unspecified atom stereocenters. The zero-order valence-corrected chi connectivity index (χ0v) is 17.9. The molecule has 1 aromatic heterocycles. The van der Waals surface area contributed by atoms with Crippen LogP contribution >= 0.6 is 0 Å². The second-order valence-corrected chi connectivity index (χ2v) is 7.47. The van der Waals surface area contributed by atoms with Gasteiger partial charge in [-0.2, -0.15) is 0 Å². The Bertz CT molecular complexity index is 870. The van der Waals surface area contributed by atoms with Gasteiger partial charge < -0.3 is 24.1 Å². The van der Waals surface area contributed by atoms with Crippen LogP contribution in [0.1, 0.15) is 61.0 Å². The number of rotatable bonds is 8. The van der Waals surface area contributed by atoms with Crippen LogP contribution < -0.4 is 14.8 Å². The summed E-state index contributed by atoms with van der Waals surface area (Å²) in [4.78, 5) is 26.9. The van der Waals surface area contributed by atoms with Gasteiger partial charge in [0, 0.05) is 18.7 Å². The fraction of sp³-hybridized carbons (Fsp3) is 0.478. The summed E-state index contributed by atoms with van der Waals surface area (Å²) < 4.78 is 17.0. The van der Waals surface area contributed by atoms with Crippen molar-refractivity contribution in [1.29, 1.82) is 0 Å². The average molecular weight is 415 g/mol. The van der Waals surface area contributed by atoms with Crippen molar-refractivity contribution in [2.24, 2.45) is 0 Å². The number of ether oxygens (including phenoxy) is 2. The van der Waals surface area contributed by atoms with Gasteiger partial charge in [-0.05, 0) is 70.4 Å². The van der Waals surface area contributed by atoms with Gasteiger partial charge in [0.1, 0.15) is 11.5 Å². The van der Waals surface area contributed by atoms with Gasteiger partial charge in [0.05, 0.1) is 12.6 Å². The van der Waals surface area contributed by atoms with Crippen LogP contribution in [0, 0.1) is 6.92 Å². The van der Waals surface area contributed by atoms with Crippen molar-refractivity contribution in [1.82, 2.24) is 10.2 Å². The quantitative estimate of drug-likeness (QED) is 0.709. The lowest BCUT2D eigenvalue weighted by atomic mass is 10.1. The highest BCUT2D eigenvalue weighted by Crippen LogP contribution is 2.29.